The number of hydrogen-bond acceptors (Lipinski definition) is 4. The monoisotopic (exact) mass is 277 g/mol. The van der Waals surface area contributed by atoms with Crippen LogP contribution in [0.4, 0.5) is 0 Å². The molecule has 1 fully saturated rings. The first kappa shape index (κ1) is 13.7. The van der Waals surface area contributed by atoms with Crippen molar-refractivity contribution in [3.05, 3.63) is 23.8 Å². The van der Waals surface area contributed by atoms with Crippen LogP contribution in [-0.2, 0) is 0 Å². The van der Waals surface area contributed by atoms with Crippen molar-refractivity contribution >= 4 is 0 Å². The van der Waals surface area contributed by atoms with Crippen molar-refractivity contribution in [2.24, 2.45) is 0 Å². The maximum absolute atomic E-state index is 10.5. The first-order valence-corrected chi connectivity index (χ1v) is 7.28. The summed E-state index contributed by atoms with van der Waals surface area (Å²) in [5, 5.41) is 10.5. The summed E-state index contributed by atoms with van der Waals surface area (Å²) >= 11 is 0. The average Bonchev–Trinajstić information content (AvgIpc) is 2.43. The predicted molar refractivity (Wildman–Crippen MR) is 77.3 cm³/mol. The van der Waals surface area contributed by atoms with E-state index in [2.05, 4.69) is 18.9 Å². The molecule has 110 valence electrons. The zero-order chi connectivity index (χ0) is 14.3. The lowest BCUT2D eigenvalue weighted by Crippen LogP contribution is -2.52. The van der Waals surface area contributed by atoms with Crippen molar-refractivity contribution in [3.8, 4) is 11.5 Å². The predicted octanol–water partition coefficient (Wildman–Crippen LogP) is 2.36. The largest absolute Gasteiger partial charge is 0.497 e. The molecule has 2 aliphatic rings. The van der Waals surface area contributed by atoms with Crippen LogP contribution < -0.4 is 9.47 Å². The van der Waals surface area contributed by atoms with Crippen molar-refractivity contribution in [1.29, 1.82) is 0 Å². The highest BCUT2D eigenvalue weighted by Crippen LogP contribution is 2.46. The van der Waals surface area contributed by atoms with Gasteiger partial charge in [0.25, 0.3) is 0 Å². The van der Waals surface area contributed by atoms with E-state index in [1.807, 2.05) is 18.2 Å². The van der Waals surface area contributed by atoms with Crippen molar-refractivity contribution in [2.75, 3.05) is 20.7 Å². The lowest BCUT2D eigenvalue weighted by molar-refractivity contribution is -0.0646. The van der Waals surface area contributed by atoms with E-state index in [1.165, 1.54) is 0 Å². The van der Waals surface area contributed by atoms with Crippen molar-refractivity contribution in [1.82, 2.24) is 4.90 Å². The number of ether oxygens (including phenoxy) is 2. The van der Waals surface area contributed by atoms with Crippen molar-refractivity contribution < 1.29 is 14.6 Å². The van der Waals surface area contributed by atoms with Gasteiger partial charge in [0.1, 0.15) is 17.1 Å². The molecule has 0 bridgehead atoms. The van der Waals surface area contributed by atoms with Gasteiger partial charge in [0, 0.05) is 31.0 Å². The second kappa shape index (κ2) is 4.93. The molecule has 3 unspecified atom stereocenters. The molecule has 2 aliphatic heterocycles. The third-order valence-electron chi connectivity index (χ3n) is 4.81. The smallest absolute Gasteiger partial charge is 0.126 e. The number of nitrogens with zero attached hydrogens (tertiary/aromatic N) is 1. The zero-order valence-electron chi connectivity index (χ0n) is 12.4. The minimum Gasteiger partial charge on any atom is -0.497 e. The summed E-state index contributed by atoms with van der Waals surface area (Å²) in [6.45, 7) is 3.24. The third kappa shape index (κ3) is 2.27. The Bertz CT molecular complexity index is 504. The molecule has 1 N–H and O–H groups in total. The van der Waals surface area contributed by atoms with Gasteiger partial charge in [0.05, 0.1) is 13.2 Å². The Morgan fingerprint density at radius 2 is 2.20 bits per heavy atom. The van der Waals surface area contributed by atoms with Gasteiger partial charge in [-0.25, -0.2) is 0 Å². The lowest BCUT2D eigenvalue weighted by atomic mass is 9.79. The van der Waals surface area contributed by atoms with E-state index in [4.69, 9.17) is 9.47 Å². The van der Waals surface area contributed by atoms with E-state index in [9.17, 15) is 5.11 Å². The van der Waals surface area contributed by atoms with E-state index in [1.54, 1.807) is 7.11 Å². The molecule has 1 aromatic carbocycles. The summed E-state index contributed by atoms with van der Waals surface area (Å²) in [6.07, 6.45) is 2.14. The van der Waals surface area contributed by atoms with Gasteiger partial charge in [-0.05, 0) is 38.6 Å². The van der Waals surface area contributed by atoms with Gasteiger partial charge in [-0.15, -0.1) is 0 Å². The number of hydrogen-bond donors (Lipinski definition) is 1. The first-order valence-electron chi connectivity index (χ1n) is 7.28. The van der Waals surface area contributed by atoms with Crippen LogP contribution in [0.1, 0.15) is 37.9 Å². The molecule has 2 heterocycles. The molecule has 1 aromatic rings. The molecular weight excluding hydrogens is 254 g/mol. The molecule has 0 aromatic heterocycles. The first-order chi connectivity index (χ1) is 9.53. The van der Waals surface area contributed by atoms with Crippen LogP contribution in [0.5, 0.6) is 11.5 Å². The molecular formula is C16H23NO3. The van der Waals surface area contributed by atoms with Crippen molar-refractivity contribution in [2.45, 2.75) is 43.9 Å². The highest BCUT2D eigenvalue weighted by Gasteiger charge is 2.44. The van der Waals surface area contributed by atoms with E-state index < -0.39 is 6.10 Å². The quantitative estimate of drug-likeness (QED) is 0.855. The second-order valence-electron chi connectivity index (χ2n) is 6.19. The molecule has 4 heteroatoms. The molecule has 1 spiro atoms. The van der Waals surface area contributed by atoms with Crippen molar-refractivity contribution in [3.63, 3.8) is 0 Å². The fraction of sp³-hybridized carbons (Fsp3) is 0.625. The van der Waals surface area contributed by atoms with Gasteiger partial charge in [-0.3, -0.25) is 0 Å². The van der Waals surface area contributed by atoms with Gasteiger partial charge in [-0.2, -0.15) is 0 Å². The Hall–Kier alpha value is -1.26. The SMILES string of the molecule is COc1ccc2c(c1)C(O)CC1(CCN(C)C(C)C1)O2. The van der Waals surface area contributed by atoms with Crippen LogP contribution in [-0.4, -0.2) is 42.4 Å². The molecule has 20 heavy (non-hydrogen) atoms. The Kier molecular flexibility index (Phi) is 3.38. The summed E-state index contributed by atoms with van der Waals surface area (Å²) in [5.41, 5.74) is 0.633. The lowest BCUT2D eigenvalue weighted by Gasteiger charge is -2.47. The number of methoxy groups -OCH3 is 1. The standard InChI is InChI=1S/C16H23NO3/c1-11-9-16(6-7-17(11)2)10-14(18)13-8-12(19-3)4-5-15(13)20-16/h4-5,8,11,14,18H,6-7,9-10H2,1-3H3. The normalized spacial score (nSPS) is 33.6. The Labute approximate surface area is 120 Å². The highest BCUT2D eigenvalue weighted by molar-refractivity contribution is 5.43. The summed E-state index contributed by atoms with van der Waals surface area (Å²) in [4.78, 5) is 2.35. The molecule has 0 aliphatic carbocycles. The van der Waals surface area contributed by atoms with Crippen LogP contribution in [0.2, 0.25) is 0 Å². The van der Waals surface area contributed by atoms with E-state index in [0.717, 1.165) is 36.4 Å². The fourth-order valence-corrected chi connectivity index (χ4v) is 3.42. The van der Waals surface area contributed by atoms with Crippen LogP contribution in [0.15, 0.2) is 18.2 Å². The Balaban J connectivity index is 1.89. The summed E-state index contributed by atoms with van der Waals surface area (Å²) in [7, 11) is 3.79. The molecule has 0 radical (unpaired) electrons. The number of aliphatic hydroxyl groups is 1. The second-order valence-corrected chi connectivity index (χ2v) is 6.19. The Morgan fingerprint density at radius 3 is 2.90 bits per heavy atom. The number of benzene rings is 1. The number of piperidine rings is 1. The minimum atomic E-state index is -0.468. The third-order valence-corrected chi connectivity index (χ3v) is 4.81. The van der Waals surface area contributed by atoms with Gasteiger partial charge < -0.3 is 19.5 Å². The van der Waals surface area contributed by atoms with Crippen LogP contribution in [0, 0.1) is 0 Å². The summed E-state index contributed by atoms with van der Waals surface area (Å²) in [5.74, 6) is 1.57. The highest BCUT2D eigenvalue weighted by atomic mass is 16.5. The topological polar surface area (TPSA) is 41.9 Å². The van der Waals surface area contributed by atoms with E-state index in [0.29, 0.717) is 12.5 Å². The van der Waals surface area contributed by atoms with Gasteiger partial charge in [-0.1, -0.05) is 0 Å². The average molecular weight is 277 g/mol. The number of likely N-dealkylation sites (tertiary alicyclic amines) is 1. The molecule has 3 rings (SSSR count). The number of fused-ring (bicyclic) bond motifs is 1. The summed E-state index contributed by atoms with van der Waals surface area (Å²) < 4.78 is 11.5. The van der Waals surface area contributed by atoms with Crippen LogP contribution in [0.3, 0.4) is 0 Å². The van der Waals surface area contributed by atoms with Gasteiger partial charge >= 0.3 is 0 Å². The maximum atomic E-state index is 10.5. The number of rotatable bonds is 1. The van der Waals surface area contributed by atoms with Gasteiger partial charge in [0.15, 0.2) is 0 Å². The van der Waals surface area contributed by atoms with Gasteiger partial charge in [0.2, 0.25) is 0 Å². The van der Waals surface area contributed by atoms with E-state index >= 15 is 0 Å². The molecule has 4 nitrogen and oxygen atoms in total. The van der Waals surface area contributed by atoms with E-state index in [-0.39, 0.29) is 5.60 Å². The summed E-state index contributed by atoms with van der Waals surface area (Å²) in [6, 6.07) is 6.17. The zero-order valence-corrected chi connectivity index (χ0v) is 12.4. The molecule has 0 amide bonds. The van der Waals surface area contributed by atoms with Crippen LogP contribution in [0.25, 0.3) is 0 Å². The number of aliphatic hydroxyl groups excluding tert-OH is 1. The molecule has 1 saturated heterocycles. The fourth-order valence-electron chi connectivity index (χ4n) is 3.42. The minimum absolute atomic E-state index is 0.215. The van der Waals surface area contributed by atoms with Crippen LogP contribution >= 0.6 is 0 Å². The molecule has 0 saturated carbocycles. The Morgan fingerprint density at radius 1 is 1.40 bits per heavy atom. The molecule has 3 atom stereocenters. The maximum Gasteiger partial charge on any atom is 0.126 e.